The molecule has 3 aromatic rings. The molecule has 4 rings (SSSR count). The molecule has 1 unspecified atom stereocenters. The number of amides is 1. The minimum atomic E-state index is 0.0740. The Morgan fingerprint density at radius 1 is 1.27 bits per heavy atom. The van der Waals surface area contributed by atoms with Crippen molar-refractivity contribution in [1.82, 2.24) is 10.1 Å². The zero-order valence-corrected chi connectivity index (χ0v) is 15.1. The second-order valence-electron chi connectivity index (χ2n) is 6.47. The van der Waals surface area contributed by atoms with Crippen LogP contribution in [0.15, 0.2) is 53.1 Å². The molecule has 2 aromatic carbocycles. The molecule has 0 aliphatic carbocycles. The van der Waals surface area contributed by atoms with Crippen molar-refractivity contribution in [3.63, 3.8) is 0 Å². The maximum Gasteiger partial charge on any atom is 0.227 e. The summed E-state index contributed by atoms with van der Waals surface area (Å²) in [6.45, 7) is 2.07. The van der Waals surface area contributed by atoms with Crippen molar-refractivity contribution in [1.29, 1.82) is 0 Å². The number of carbonyl (C=O) groups is 1. The molecule has 1 aliphatic rings. The van der Waals surface area contributed by atoms with Crippen LogP contribution in [0.5, 0.6) is 0 Å². The number of halogens is 1. The van der Waals surface area contributed by atoms with E-state index >= 15 is 0 Å². The van der Waals surface area contributed by atoms with Gasteiger partial charge in [0.2, 0.25) is 17.6 Å². The summed E-state index contributed by atoms with van der Waals surface area (Å²) >= 11 is 6.00. The molecular formula is C20H18ClN3O2. The summed E-state index contributed by atoms with van der Waals surface area (Å²) in [6, 6.07) is 15.5. The normalized spacial score (nSPS) is 15.9. The lowest BCUT2D eigenvalue weighted by molar-refractivity contribution is -0.118. The van der Waals surface area contributed by atoms with Gasteiger partial charge in [-0.2, -0.15) is 4.98 Å². The van der Waals surface area contributed by atoms with E-state index in [4.69, 9.17) is 16.1 Å². The zero-order valence-electron chi connectivity index (χ0n) is 14.4. The molecule has 0 fully saturated rings. The van der Waals surface area contributed by atoms with Crippen LogP contribution in [-0.4, -0.2) is 22.1 Å². The first-order valence-corrected chi connectivity index (χ1v) is 8.98. The predicted octanol–water partition coefficient (Wildman–Crippen LogP) is 4.30. The summed E-state index contributed by atoms with van der Waals surface area (Å²) in [5.74, 6) is 1.01. The number of aryl methyl sites for hydroxylation is 1. The van der Waals surface area contributed by atoms with Crippen molar-refractivity contribution >= 4 is 23.2 Å². The van der Waals surface area contributed by atoms with E-state index in [1.54, 1.807) is 12.1 Å². The van der Waals surface area contributed by atoms with Crippen LogP contribution in [0.4, 0.5) is 5.69 Å². The molecule has 0 spiro atoms. The third-order valence-electron chi connectivity index (χ3n) is 4.58. The number of nitrogens with zero attached hydrogens (tertiary/aromatic N) is 3. The van der Waals surface area contributed by atoms with Crippen molar-refractivity contribution in [2.45, 2.75) is 32.2 Å². The topological polar surface area (TPSA) is 59.2 Å². The number of fused-ring (bicyclic) bond motifs is 1. The van der Waals surface area contributed by atoms with Crippen LogP contribution in [0.1, 0.15) is 24.8 Å². The van der Waals surface area contributed by atoms with Crippen molar-refractivity contribution in [3.8, 4) is 11.4 Å². The molecule has 0 bridgehead atoms. The van der Waals surface area contributed by atoms with Crippen molar-refractivity contribution < 1.29 is 9.32 Å². The first-order valence-electron chi connectivity index (χ1n) is 8.60. The lowest BCUT2D eigenvalue weighted by Crippen LogP contribution is -2.35. The molecule has 1 atom stereocenters. The largest absolute Gasteiger partial charge is 0.339 e. The fourth-order valence-electron chi connectivity index (χ4n) is 3.38. The van der Waals surface area contributed by atoms with Gasteiger partial charge in [-0.05, 0) is 37.1 Å². The molecule has 6 heteroatoms. The van der Waals surface area contributed by atoms with E-state index in [2.05, 4.69) is 23.1 Å². The number of para-hydroxylation sites is 1. The first-order chi connectivity index (χ1) is 12.6. The Balaban J connectivity index is 1.44. The van der Waals surface area contributed by atoms with Gasteiger partial charge in [0.15, 0.2) is 0 Å². The van der Waals surface area contributed by atoms with Crippen LogP contribution in [0.3, 0.4) is 0 Å². The Morgan fingerprint density at radius 2 is 2.12 bits per heavy atom. The molecule has 0 saturated heterocycles. The monoisotopic (exact) mass is 367 g/mol. The van der Waals surface area contributed by atoms with E-state index < -0.39 is 0 Å². The number of aromatic nitrogens is 2. The molecule has 5 nitrogen and oxygen atoms in total. The summed E-state index contributed by atoms with van der Waals surface area (Å²) in [6.07, 6.45) is 1.63. The lowest BCUT2D eigenvalue weighted by atomic mass is 10.1. The molecule has 1 aliphatic heterocycles. The predicted molar refractivity (Wildman–Crippen MR) is 100 cm³/mol. The van der Waals surface area contributed by atoms with E-state index in [9.17, 15) is 4.79 Å². The Morgan fingerprint density at radius 3 is 2.96 bits per heavy atom. The van der Waals surface area contributed by atoms with Gasteiger partial charge >= 0.3 is 0 Å². The highest BCUT2D eigenvalue weighted by atomic mass is 35.5. The number of carbonyl (C=O) groups excluding carboxylic acids is 1. The SMILES string of the molecule is CC1Cc2ccccc2N1C(=O)CCc1nc(-c2cccc(Cl)c2)no1. The third-order valence-corrected chi connectivity index (χ3v) is 4.81. The smallest absolute Gasteiger partial charge is 0.227 e. The van der Waals surface area contributed by atoms with Crippen LogP contribution in [-0.2, 0) is 17.6 Å². The Bertz CT molecular complexity index is 953. The van der Waals surface area contributed by atoms with Crippen LogP contribution in [0, 0.1) is 0 Å². The summed E-state index contributed by atoms with van der Waals surface area (Å²) < 4.78 is 5.29. The van der Waals surface area contributed by atoms with Crippen LogP contribution in [0.25, 0.3) is 11.4 Å². The van der Waals surface area contributed by atoms with Crippen molar-refractivity contribution in [3.05, 3.63) is 65.0 Å². The van der Waals surface area contributed by atoms with Gasteiger partial charge in [-0.1, -0.05) is 47.1 Å². The fraction of sp³-hybridized carbons (Fsp3) is 0.250. The van der Waals surface area contributed by atoms with E-state index in [1.807, 2.05) is 35.2 Å². The van der Waals surface area contributed by atoms with E-state index in [0.717, 1.165) is 17.7 Å². The van der Waals surface area contributed by atoms with Crippen LogP contribution < -0.4 is 4.90 Å². The second kappa shape index (κ2) is 6.92. The Kier molecular flexibility index (Phi) is 4.47. The van der Waals surface area contributed by atoms with Gasteiger partial charge in [0.25, 0.3) is 0 Å². The van der Waals surface area contributed by atoms with Crippen LogP contribution >= 0.6 is 11.6 Å². The van der Waals surface area contributed by atoms with Gasteiger partial charge in [-0.15, -0.1) is 0 Å². The van der Waals surface area contributed by atoms with Crippen molar-refractivity contribution in [2.24, 2.45) is 0 Å². The van der Waals surface area contributed by atoms with Gasteiger partial charge in [0.1, 0.15) is 0 Å². The van der Waals surface area contributed by atoms with E-state index in [-0.39, 0.29) is 11.9 Å². The standard InChI is InChI=1S/C20H18ClN3O2/c1-13-11-14-5-2-3-8-17(14)24(13)19(25)10-9-18-22-20(23-26-18)15-6-4-7-16(21)12-15/h2-8,12-13H,9-11H2,1H3. The average Bonchev–Trinajstić information content (AvgIpc) is 3.23. The minimum absolute atomic E-state index is 0.0740. The summed E-state index contributed by atoms with van der Waals surface area (Å²) in [4.78, 5) is 19.0. The highest BCUT2D eigenvalue weighted by Gasteiger charge is 2.30. The molecule has 132 valence electrons. The van der Waals surface area contributed by atoms with Gasteiger partial charge in [0.05, 0.1) is 0 Å². The second-order valence-corrected chi connectivity index (χ2v) is 6.90. The summed E-state index contributed by atoms with van der Waals surface area (Å²) in [7, 11) is 0. The fourth-order valence-corrected chi connectivity index (χ4v) is 3.57. The molecule has 1 amide bonds. The highest BCUT2D eigenvalue weighted by Crippen LogP contribution is 2.32. The number of hydrogen-bond donors (Lipinski definition) is 0. The molecule has 0 saturated carbocycles. The summed E-state index contributed by atoms with van der Waals surface area (Å²) in [5.41, 5.74) is 3.02. The van der Waals surface area contributed by atoms with E-state index in [1.165, 1.54) is 5.56 Å². The van der Waals surface area contributed by atoms with Gasteiger partial charge in [-0.3, -0.25) is 4.79 Å². The Labute approximate surface area is 156 Å². The van der Waals surface area contributed by atoms with Gasteiger partial charge in [0, 0.05) is 35.2 Å². The quantitative estimate of drug-likeness (QED) is 0.689. The van der Waals surface area contributed by atoms with E-state index in [0.29, 0.717) is 29.6 Å². The molecule has 26 heavy (non-hydrogen) atoms. The van der Waals surface area contributed by atoms with Crippen molar-refractivity contribution in [2.75, 3.05) is 4.90 Å². The first kappa shape index (κ1) is 16.8. The number of rotatable bonds is 4. The number of anilines is 1. The maximum atomic E-state index is 12.7. The highest BCUT2D eigenvalue weighted by molar-refractivity contribution is 6.30. The summed E-state index contributed by atoms with van der Waals surface area (Å²) in [5, 5.41) is 4.60. The minimum Gasteiger partial charge on any atom is -0.339 e. The zero-order chi connectivity index (χ0) is 18.1. The van der Waals surface area contributed by atoms with Gasteiger partial charge in [-0.25, -0.2) is 0 Å². The maximum absolute atomic E-state index is 12.7. The molecule has 2 heterocycles. The number of hydrogen-bond acceptors (Lipinski definition) is 4. The third kappa shape index (κ3) is 3.22. The Hall–Kier alpha value is -2.66. The van der Waals surface area contributed by atoms with Gasteiger partial charge < -0.3 is 9.42 Å². The molecule has 1 aromatic heterocycles. The van der Waals surface area contributed by atoms with Crippen LogP contribution in [0.2, 0.25) is 5.02 Å². The molecular weight excluding hydrogens is 350 g/mol. The molecule has 0 N–H and O–H groups in total. The lowest BCUT2D eigenvalue weighted by Gasteiger charge is -2.22. The molecule has 0 radical (unpaired) electrons. The average molecular weight is 368 g/mol. The number of benzene rings is 2.